The average Bonchev–Trinajstić information content (AvgIpc) is 3.07. The van der Waals surface area contributed by atoms with Crippen LogP contribution in [0.4, 0.5) is 0 Å². The van der Waals surface area contributed by atoms with Gasteiger partial charge in [0, 0.05) is 18.7 Å². The number of Topliss-reactive ketones (excluding diaryl/α,β-unsaturated/α-hetero) is 1. The highest BCUT2D eigenvalue weighted by Gasteiger charge is 2.45. The summed E-state index contributed by atoms with van der Waals surface area (Å²) < 4.78 is 16.4. The van der Waals surface area contributed by atoms with Gasteiger partial charge in [0.2, 0.25) is 0 Å². The maximum absolute atomic E-state index is 13.1. The third-order valence-corrected chi connectivity index (χ3v) is 5.71. The van der Waals surface area contributed by atoms with Gasteiger partial charge in [0.1, 0.15) is 17.3 Å². The highest BCUT2D eigenvalue weighted by atomic mass is 16.5. The van der Waals surface area contributed by atoms with E-state index in [4.69, 9.17) is 14.2 Å². The molecule has 0 aromatic heterocycles. The quantitative estimate of drug-likeness (QED) is 0.237. The molecule has 0 bridgehead atoms. The van der Waals surface area contributed by atoms with Crippen molar-refractivity contribution in [2.24, 2.45) is 0 Å². The lowest BCUT2D eigenvalue weighted by atomic mass is 9.94. The Labute approximate surface area is 200 Å². The monoisotopic (exact) mass is 467 g/mol. The van der Waals surface area contributed by atoms with Gasteiger partial charge in [-0.3, -0.25) is 9.59 Å². The zero-order chi connectivity index (χ0) is 24.8. The number of likely N-dealkylation sites (tertiary alicyclic amines) is 1. The van der Waals surface area contributed by atoms with Gasteiger partial charge in [0.15, 0.2) is 0 Å². The number of carbonyl (C=O) groups excluding carboxylic acids is 2. The summed E-state index contributed by atoms with van der Waals surface area (Å²) >= 11 is 0. The molecule has 0 aliphatic carbocycles. The summed E-state index contributed by atoms with van der Waals surface area (Å²) in [5.74, 6) is -0.167. The van der Waals surface area contributed by atoms with Gasteiger partial charge in [-0.1, -0.05) is 12.1 Å². The zero-order valence-electron chi connectivity index (χ0n) is 20.5. The molecule has 1 amide bonds. The molecule has 1 heterocycles. The lowest BCUT2D eigenvalue weighted by Crippen LogP contribution is -2.31. The molecule has 1 atom stereocenters. The first kappa shape index (κ1) is 25.3. The van der Waals surface area contributed by atoms with Crippen molar-refractivity contribution in [1.29, 1.82) is 0 Å². The summed E-state index contributed by atoms with van der Waals surface area (Å²) in [7, 11) is 1.57. The van der Waals surface area contributed by atoms with Crippen LogP contribution < -0.4 is 9.47 Å². The molecule has 2 aromatic carbocycles. The van der Waals surface area contributed by atoms with Crippen LogP contribution in [0.25, 0.3) is 5.76 Å². The smallest absolute Gasteiger partial charge is 0.295 e. The first-order chi connectivity index (χ1) is 16.3. The van der Waals surface area contributed by atoms with Crippen molar-refractivity contribution in [3.8, 4) is 11.5 Å². The van der Waals surface area contributed by atoms with Gasteiger partial charge in [-0.05, 0) is 75.6 Å². The standard InChI is InChI=1S/C27H33NO6/c1-6-33-22-13-10-20(16-18(22)4)25(29)23-24(19-8-11-21(32-5)12-9-19)28(27(31)26(23)30)14-7-15-34-17(2)3/h8-13,16-17,24,29H,6-7,14-15H2,1-5H3/b25-23-. The van der Waals surface area contributed by atoms with Crippen LogP contribution in [-0.2, 0) is 14.3 Å². The van der Waals surface area contributed by atoms with Crippen molar-refractivity contribution in [1.82, 2.24) is 4.90 Å². The van der Waals surface area contributed by atoms with Crippen LogP contribution in [0.1, 0.15) is 49.9 Å². The van der Waals surface area contributed by atoms with E-state index >= 15 is 0 Å². The summed E-state index contributed by atoms with van der Waals surface area (Å²) in [4.78, 5) is 27.7. The number of nitrogens with zero attached hydrogens (tertiary/aromatic N) is 1. The Balaban J connectivity index is 2.04. The van der Waals surface area contributed by atoms with Crippen molar-refractivity contribution in [2.45, 2.75) is 46.3 Å². The van der Waals surface area contributed by atoms with E-state index in [9.17, 15) is 14.7 Å². The molecule has 182 valence electrons. The van der Waals surface area contributed by atoms with E-state index < -0.39 is 17.7 Å². The van der Waals surface area contributed by atoms with Gasteiger partial charge < -0.3 is 24.2 Å². The minimum Gasteiger partial charge on any atom is -0.507 e. The first-order valence-corrected chi connectivity index (χ1v) is 11.6. The summed E-state index contributed by atoms with van der Waals surface area (Å²) in [5, 5.41) is 11.2. The summed E-state index contributed by atoms with van der Waals surface area (Å²) in [6, 6.07) is 11.7. The Morgan fingerprint density at radius 2 is 1.82 bits per heavy atom. The largest absolute Gasteiger partial charge is 0.507 e. The van der Waals surface area contributed by atoms with Gasteiger partial charge in [0.05, 0.1) is 31.4 Å². The number of benzene rings is 2. The number of carbonyl (C=O) groups is 2. The molecule has 34 heavy (non-hydrogen) atoms. The molecule has 1 N–H and O–H groups in total. The fourth-order valence-corrected chi connectivity index (χ4v) is 4.07. The van der Waals surface area contributed by atoms with E-state index in [1.807, 2.05) is 39.8 Å². The molecule has 1 saturated heterocycles. The zero-order valence-corrected chi connectivity index (χ0v) is 20.5. The van der Waals surface area contributed by atoms with Gasteiger partial charge >= 0.3 is 0 Å². The van der Waals surface area contributed by atoms with Crippen molar-refractivity contribution in [2.75, 3.05) is 26.9 Å². The van der Waals surface area contributed by atoms with Crippen molar-refractivity contribution in [3.63, 3.8) is 0 Å². The highest BCUT2D eigenvalue weighted by Crippen LogP contribution is 2.40. The van der Waals surface area contributed by atoms with E-state index in [1.165, 1.54) is 4.90 Å². The van der Waals surface area contributed by atoms with Crippen LogP contribution in [0.2, 0.25) is 0 Å². The average molecular weight is 468 g/mol. The number of methoxy groups -OCH3 is 1. The maximum Gasteiger partial charge on any atom is 0.295 e. The van der Waals surface area contributed by atoms with E-state index in [-0.39, 0.29) is 17.4 Å². The molecular weight excluding hydrogens is 434 g/mol. The summed E-state index contributed by atoms with van der Waals surface area (Å²) in [6.07, 6.45) is 0.649. The molecule has 7 heteroatoms. The van der Waals surface area contributed by atoms with E-state index in [1.54, 1.807) is 37.4 Å². The second kappa shape index (κ2) is 11.2. The number of hydrogen-bond donors (Lipinski definition) is 1. The second-order valence-electron chi connectivity index (χ2n) is 8.45. The summed E-state index contributed by atoms with van der Waals surface area (Å²) in [5.41, 5.74) is 2.07. The topological polar surface area (TPSA) is 85.3 Å². The van der Waals surface area contributed by atoms with Crippen molar-refractivity contribution >= 4 is 17.4 Å². The highest BCUT2D eigenvalue weighted by molar-refractivity contribution is 6.46. The Bertz CT molecular complexity index is 1060. The number of ether oxygens (including phenoxy) is 3. The molecule has 1 fully saturated rings. The molecule has 1 unspecified atom stereocenters. The minimum atomic E-state index is -0.711. The molecule has 0 saturated carbocycles. The minimum absolute atomic E-state index is 0.0727. The van der Waals surface area contributed by atoms with Crippen molar-refractivity contribution in [3.05, 3.63) is 64.7 Å². The van der Waals surface area contributed by atoms with E-state index in [2.05, 4.69) is 0 Å². The molecular formula is C27H33NO6. The van der Waals surface area contributed by atoms with E-state index in [0.29, 0.717) is 48.8 Å². The normalized spacial score (nSPS) is 17.5. The van der Waals surface area contributed by atoms with Crippen LogP contribution in [-0.4, -0.2) is 54.7 Å². The van der Waals surface area contributed by atoms with Crippen LogP contribution in [0.15, 0.2) is 48.0 Å². The van der Waals surface area contributed by atoms with Gasteiger partial charge in [-0.25, -0.2) is 0 Å². The Hall–Kier alpha value is -3.32. The molecule has 3 rings (SSSR count). The number of aliphatic hydroxyl groups excluding tert-OH is 1. The first-order valence-electron chi connectivity index (χ1n) is 11.6. The van der Waals surface area contributed by atoms with E-state index in [0.717, 1.165) is 5.56 Å². The van der Waals surface area contributed by atoms with Gasteiger partial charge in [-0.2, -0.15) is 0 Å². The number of rotatable bonds is 10. The number of amides is 1. The number of ketones is 1. The lowest BCUT2D eigenvalue weighted by Gasteiger charge is -2.25. The molecule has 1 aliphatic heterocycles. The Morgan fingerprint density at radius 3 is 2.41 bits per heavy atom. The number of aryl methyl sites for hydroxylation is 1. The second-order valence-corrected chi connectivity index (χ2v) is 8.45. The third kappa shape index (κ3) is 5.42. The Morgan fingerprint density at radius 1 is 1.12 bits per heavy atom. The van der Waals surface area contributed by atoms with Crippen LogP contribution in [0.5, 0.6) is 11.5 Å². The molecule has 0 radical (unpaired) electrons. The number of aliphatic hydroxyl groups is 1. The molecule has 0 spiro atoms. The van der Waals surface area contributed by atoms with Crippen LogP contribution >= 0.6 is 0 Å². The predicted octanol–water partition coefficient (Wildman–Crippen LogP) is 4.64. The predicted molar refractivity (Wildman–Crippen MR) is 130 cm³/mol. The Kier molecular flexibility index (Phi) is 8.34. The van der Waals surface area contributed by atoms with Gasteiger partial charge in [-0.15, -0.1) is 0 Å². The van der Waals surface area contributed by atoms with Crippen LogP contribution in [0, 0.1) is 6.92 Å². The van der Waals surface area contributed by atoms with Crippen LogP contribution in [0.3, 0.4) is 0 Å². The number of hydrogen-bond acceptors (Lipinski definition) is 6. The summed E-state index contributed by atoms with van der Waals surface area (Å²) in [6.45, 7) is 8.98. The third-order valence-electron chi connectivity index (χ3n) is 5.71. The fraction of sp³-hybridized carbons (Fsp3) is 0.407. The fourth-order valence-electron chi connectivity index (χ4n) is 4.07. The molecule has 1 aliphatic rings. The van der Waals surface area contributed by atoms with Crippen molar-refractivity contribution < 1.29 is 28.9 Å². The molecule has 7 nitrogen and oxygen atoms in total. The van der Waals surface area contributed by atoms with Gasteiger partial charge in [0.25, 0.3) is 11.7 Å². The maximum atomic E-state index is 13.1. The molecule has 2 aromatic rings. The SMILES string of the molecule is CCOc1ccc(/C(O)=C2/C(=O)C(=O)N(CCCOC(C)C)C2c2ccc(OC)cc2)cc1C. The lowest BCUT2D eigenvalue weighted by molar-refractivity contribution is -0.140.